The van der Waals surface area contributed by atoms with E-state index < -0.39 is 11.6 Å². The summed E-state index contributed by atoms with van der Waals surface area (Å²) in [7, 11) is 0. The van der Waals surface area contributed by atoms with Crippen LogP contribution in [-0.4, -0.2) is 17.5 Å². The van der Waals surface area contributed by atoms with Gasteiger partial charge in [-0.1, -0.05) is 36.8 Å². The number of hydrogen-bond donors (Lipinski definition) is 2. The summed E-state index contributed by atoms with van der Waals surface area (Å²) in [5.41, 5.74) is 2.09. The van der Waals surface area contributed by atoms with Crippen molar-refractivity contribution in [1.29, 1.82) is 0 Å². The van der Waals surface area contributed by atoms with Gasteiger partial charge in [0.15, 0.2) is 5.72 Å². The predicted molar refractivity (Wildman–Crippen MR) is 106 cm³/mol. The summed E-state index contributed by atoms with van der Waals surface area (Å²) in [6.45, 7) is 1.98. The number of piperidine rings is 1. The van der Waals surface area contributed by atoms with Crippen molar-refractivity contribution < 1.29 is 14.3 Å². The fourth-order valence-corrected chi connectivity index (χ4v) is 5.30. The first-order valence-corrected chi connectivity index (χ1v) is 10.0. The topological polar surface area (TPSA) is 67.4 Å². The van der Waals surface area contributed by atoms with Crippen LogP contribution in [0, 0.1) is 18.8 Å². The Morgan fingerprint density at radius 3 is 2.89 bits per heavy atom. The van der Waals surface area contributed by atoms with Gasteiger partial charge in [-0.15, -0.1) is 0 Å². The highest BCUT2D eigenvalue weighted by Crippen LogP contribution is 2.55. The van der Waals surface area contributed by atoms with Gasteiger partial charge < -0.3 is 15.4 Å². The molecule has 2 heterocycles. The van der Waals surface area contributed by atoms with Crippen molar-refractivity contribution >= 4 is 17.5 Å². The van der Waals surface area contributed by atoms with E-state index in [2.05, 4.69) is 10.6 Å². The molecular weight excluding hydrogens is 352 g/mol. The number of rotatable bonds is 2. The Hall–Kier alpha value is -2.82. The molecule has 5 rings (SSSR count). The van der Waals surface area contributed by atoms with E-state index in [-0.39, 0.29) is 23.7 Å². The van der Waals surface area contributed by atoms with Crippen LogP contribution in [-0.2, 0) is 9.59 Å². The van der Waals surface area contributed by atoms with Crippen LogP contribution < -0.4 is 15.4 Å². The Balaban J connectivity index is 1.55. The zero-order valence-corrected chi connectivity index (χ0v) is 15.9. The second-order valence-electron chi connectivity index (χ2n) is 8.23. The van der Waals surface area contributed by atoms with Crippen molar-refractivity contribution in [2.45, 2.75) is 44.2 Å². The van der Waals surface area contributed by atoms with E-state index in [4.69, 9.17) is 4.74 Å². The number of aryl methyl sites for hydroxylation is 1. The molecule has 0 spiro atoms. The van der Waals surface area contributed by atoms with Gasteiger partial charge in [-0.05, 0) is 49.1 Å². The second kappa shape index (κ2) is 6.36. The number of nitrogens with one attached hydrogen (secondary N) is 2. The highest BCUT2D eigenvalue weighted by Gasteiger charge is 2.60. The van der Waals surface area contributed by atoms with Crippen molar-refractivity contribution in [2.24, 2.45) is 11.8 Å². The molecule has 2 aliphatic heterocycles. The van der Waals surface area contributed by atoms with Gasteiger partial charge in [0.05, 0.1) is 0 Å². The van der Waals surface area contributed by atoms with Crippen LogP contribution in [0.25, 0.3) is 0 Å². The van der Waals surface area contributed by atoms with Gasteiger partial charge in [-0.3, -0.25) is 9.59 Å². The van der Waals surface area contributed by atoms with Crippen LogP contribution >= 0.6 is 0 Å². The zero-order chi connectivity index (χ0) is 19.3. The summed E-state index contributed by atoms with van der Waals surface area (Å²) in [5.74, 6) is -0.501. The van der Waals surface area contributed by atoms with Gasteiger partial charge in [0.25, 0.3) is 0 Å². The number of carbonyl (C=O) groups excluding carboxylic acids is 2. The molecule has 1 aliphatic carbocycles. The maximum atomic E-state index is 13.3. The number of para-hydroxylation sites is 1. The molecule has 2 aromatic rings. The number of benzene rings is 2. The Kier molecular flexibility index (Phi) is 3.93. The second-order valence-corrected chi connectivity index (χ2v) is 8.23. The lowest BCUT2D eigenvalue weighted by molar-refractivity contribution is -0.160. The largest absolute Gasteiger partial charge is 0.467 e. The Morgan fingerprint density at radius 1 is 1.18 bits per heavy atom. The van der Waals surface area contributed by atoms with Gasteiger partial charge in [0.2, 0.25) is 11.8 Å². The molecule has 2 aromatic carbocycles. The first-order valence-electron chi connectivity index (χ1n) is 10.0. The minimum Gasteiger partial charge on any atom is -0.467 e. The van der Waals surface area contributed by atoms with Gasteiger partial charge in [-0.25, -0.2) is 0 Å². The van der Waals surface area contributed by atoms with E-state index in [0.29, 0.717) is 0 Å². The van der Waals surface area contributed by atoms with E-state index in [0.717, 1.165) is 48.2 Å². The maximum Gasteiger partial charge on any atom is 0.237 e. The van der Waals surface area contributed by atoms with E-state index in [9.17, 15) is 9.59 Å². The third-order valence-electron chi connectivity index (χ3n) is 6.46. The highest BCUT2D eigenvalue weighted by molar-refractivity contribution is 6.08. The molecule has 144 valence electrons. The third-order valence-corrected chi connectivity index (χ3v) is 6.46. The summed E-state index contributed by atoms with van der Waals surface area (Å²) in [6.07, 6.45) is 3.86. The number of amides is 2. The fraction of sp³-hybridized carbons (Fsp3) is 0.391. The monoisotopic (exact) mass is 376 g/mol. The molecular formula is C23H24N2O3. The lowest BCUT2D eigenvalue weighted by atomic mass is 9.62. The van der Waals surface area contributed by atoms with E-state index in [1.165, 1.54) is 0 Å². The van der Waals surface area contributed by atoms with E-state index >= 15 is 0 Å². The van der Waals surface area contributed by atoms with Crippen LogP contribution in [0.2, 0.25) is 0 Å². The van der Waals surface area contributed by atoms with Crippen LogP contribution in [0.4, 0.5) is 5.69 Å². The molecule has 1 saturated heterocycles. The van der Waals surface area contributed by atoms with Crippen LogP contribution in [0.5, 0.6) is 5.75 Å². The van der Waals surface area contributed by atoms with Crippen LogP contribution in [0.1, 0.15) is 42.7 Å². The van der Waals surface area contributed by atoms with Gasteiger partial charge in [0.1, 0.15) is 11.7 Å². The van der Waals surface area contributed by atoms with Crippen molar-refractivity contribution in [3.63, 3.8) is 0 Å². The standard InChI is InChI=1S/C23H24N2O3/c1-14-7-6-8-15(13-14)24-21(26)20-19-16-9-2-3-11-18(16)28-23(25-22(20)27)12-5-4-10-17(19)23/h2-3,6-9,11,13,17,19-20H,4-5,10,12H2,1H3,(H,24,26)(H,25,27)/t17-,19+,20+,23-/m1/s1. The Morgan fingerprint density at radius 2 is 2.04 bits per heavy atom. The van der Waals surface area contributed by atoms with E-state index in [1.807, 2.05) is 55.5 Å². The minimum atomic E-state index is -0.762. The van der Waals surface area contributed by atoms with Gasteiger partial charge >= 0.3 is 0 Å². The minimum absolute atomic E-state index is 0.113. The number of ether oxygens (including phenoxy) is 1. The number of anilines is 1. The third kappa shape index (κ3) is 2.60. The fourth-order valence-electron chi connectivity index (χ4n) is 5.30. The van der Waals surface area contributed by atoms with Gasteiger partial charge in [0, 0.05) is 23.9 Å². The number of fused-ring (bicyclic) bond motifs is 2. The smallest absolute Gasteiger partial charge is 0.237 e. The first-order chi connectivity index (χ1) is 13.6. The lowest BCUT2D eigenvalue weighted by Gasteiger charge is -2.55. The molecule has 3 aliphatic rings. The summed E-state index contributed by atoms with van der Waals surface area (Å²) < 4.78 is 6.36. The molecule has 2 fully saturated rings. The number of carbonyl (C=O) groups is 2. The van der Waals surface area contributed by atoms with Crippen LogP contribution in [0.3, 0.4) is 0 Å². The van der Waals surface area contributed by atoms with Crippen molar-refractivity contribution in [2.75, 3.05) is 5.32 Å². The summed E-state index contributed by atoms with van der Waals surface area (Å²) in [5, 5.41) is 6.08. The Labute approximate surface area is 164 Å². The van der Waals surface area contributed by atoms with E-state index in [1.54, 1.807) is 0 Å². The van der Waals surface area contributed by atoms with Crippen molar-refractivity contribution in [3.05, 3.63) is 59.7 Å². The molecule has 0 unspecified atom stereocenters. The zero-order valence-electron chi connectivity index (χ0n) is 15.9. The first kappa shape index (κ1) is 17.3. The molecule has 0 aromatic heterocycles. The number of hydrogen-bond acceptors (Lipinski definition) is 3. The molecule has 1 saturated carbocycles. The highest BCUT2D eigenvalue weighted by atomic mass is 16.5. The molecule has 2 amide bonds. The van der Waals surface area contributed by atoms with Gasteiger partial charge in [-0.2, -0.15) is 0 Å². The van der Waals surface area contributed by atoms with Crippen LogP contribution in [0.15, 0.2) is 48.5 Å². The molecule has 5 heteroatoms. The normalized spacial score (nSPS) is 30.3. The van der Waals surface area contributed by atoms with Crippen molar-refractivity contribution in [3.8, 4) is 5.75 Å². The summed E-state index contributed by atoms with van der Waals surface area (Å²) in [4.78, 5) is 26.4. The SMILES string of the molecule is Cc1cccc(NC(=O)[C@H]2C(=O)N[C@@]34CCCC[C@@H]3[C@@H]2c2ccccc2O4)c1. The summed E-state index contributed by atoms with van der Waals surface area (Å²) in [6, 6.07) is 15.5. The van der Waals surface area contributed by atoms with Crippen molar-refractivity contribution in [1.82, 2.24) is 5.32 Å². The molecule has 28 heavy (non-hydrogen) atoms. The molecule has 5 nitrogen and oxygen atoms in total. The predicted octanol–water partition coefficient (Wildman–Crippen LogP) is 3.74. The Bertz CT molecular complexity index is 956. The average Bonchev–Trinajstić information content (AvgIpc) is 2.67. The quantitative estimate of drug-likeness (QED) is 0.785. The molecule has 4 atom stereocenters. The molecule has 0 radical (unpaired) electrons. The lowest BCUT2D eigenvalue weighted by Crippen LogP contribution is -2.69. The summed E-state index contributed by atoms with van der Waals surface area (Å²) >= 11 is 0. The molecule has 2 N–H and O–H groups in total. The average molecular weight is 376 g/mol. The maximum absolute atomic E-state index is 13.3. The molecule has 2 bridgehead atoms.